The summed E-state index contributed by atoms with van der Waals surface area (Å²) in [5.41, 5.74) is 2.95. The van der Waals surface area contributed by atoms with Gasteiger partial charge in [-0.15, -0.1) is 0 Å². The van der Waals surface area contributed by atoms with Gasteiger partial charge in [0.25, 0.3) is 5.91 Å². The van der Waals surface area contributed by atoms with Crippen molar-refractivity contribution in [2.75, 3.05) is 36.4 Å². The van der Waals surface area contributed by atoms with Crippen molar-refractivity contribution in [2.24, 2.45) is 0 Å². The van der Waals surface area contributed by atoms with Gasteiger partial charge in [-0.2, -0.15) is 5.26 Å². The molecule has 1 amide bonds. The van der Waals surface area contributed by atoms with Crippen LogP contribution in [-0.2, 0) is 4.79 Å². The third-order valence-corrected chi connectivity index (χ3v) is 4.59. The molecule has 1 aliphatic rings. The van der Waals surface area contributed by atoms with Gasteiger partial charge >= 0.3 is 0 Å². The quantitative estimate of drug-likeness (QED) is 0.670. The van der Waals surface area contributed by atoms with Gasteiger partial charge in [-0.25, -0.2) is 4.98 Å². The van der Waals surface area contributed by atoms with Crippen LogP contribution in [-0.4, -0.2) is 42.0 Å². The minimum Gasteiger partial charge on any atom is -0.373 e. The number of nitriles is 1. The molecule has 0 radical (unpaired) electrons. The van der Waals surface area contributed by atoms with Crippen molar-refractivity contribution >= 4 is 17.4 Å². The highest BCUT2D eigenvalue weighted by molar-refractivity contribution is 6.06. The van der Waals surface area contributed by atoms with Gasteiger partial charge in [0.05, 0.1) is 0 Å². The molecule has 0 aliphatic carbocycles. The van der Waals surface area contributed by atoms with E-state index in [2.05, 4.69) is 15.2 Å². The first-order chi connectivity index (χ1) is 13.1. The first kappa shape index (κ1) is 18.5. The third kappa shape index (κ3) is 4.64. The summed E-state index contributed by atoms with van der Waals surface area (Å²) in [4.78, 5) is 21.1. The number of piperazine rings is 1. The second-order valence-corrected chi connectivity index (χ2v) is 6.64. The number of rotatable bonds is 4. The predicted molar refractivity (Wildman–Crippen MR) is 106 cm³/mol. The zero-order chi connectivity index (χ0) is 19.2. The Morgan fingerprint density at radius 2 is 1.96 bits per heavy atom. The SMILES string of the molecule is Cc1ccc(NC(=O)/C(C#N)=C\N2CCN(c3ccccn3)CC2)c(C)c1. The summed E-state index contributed by atoms with van der Waals surface area (Å²) in [7, 11) is 0. The predicted octanol–water partition coefficient (Wildman–Crippen LogP) is 2.87. The highest BCUT2D eigenvalue weighted by atomic mass is 16.1. The molecule has 0 atom stereocenters. The number of anilines is 2. The molecule has 2 heterocycles. The van der Waals surface area contributed by atoms with E-state index in [1.54, 1.807) is 12.4 Å². The van der Waals surface area contributed by atoms with Crippen LogP contribution >= 0.6 is 0 Å². The molecule has 27 heavy (non-hydrogen) atoms. The monoisotopic (exact) mass is 361 g/mol. The molecular formula is C21H23N5O. The van der Waals surface area contributed by atoms with Crippen LogP contribution in [0.2, 0.25) is 0 Å². The number of benzene rings is 1. The number of hydrogen-bond donors (Lipinski definition) is 1. The average molecular weight is 361 g/mol. The number of hydrogen-bond acceptors (Lipinski definition) is 5. The Balaban J connectivity index is 1.63. The van der Waals surface area contributed by atoms with E-state index in [4.69, 9.17) is 0 Å². The van der Waals surface area contributed by atoms with Crippen molar-refractivity contribution in [3.05, 3.63) is 65.5 Å². The Morgan fingerprint density at radius 1 is 1.19 bits per heavy atom. The first-order valence-electron chi connectivity index (χ1n) is 8.97. The second-order valence-electron chi connectivity index (χ2n) is 6.64. The molecule has 1 saturated heterocycles. The summed E-state index contributed by atoms with van der Waals surface area (Å²) >= 11 is 0. The molecule has 1 aliphatic heterocycles. The van der Waals surface area contributed by atoms with Gasteiger partial charge in [0, 0.05) is 44.3 Å². The molecule has 6 heteroatoms. The lowest BCUT2D eigenvalue weighted by molar-refractivity contribution is -0.112. The lowest BCUT2D eigenvalue weighted by atomic mass is 10.1. The molecule has 0 saturated carbocycles. The van der Waals surface area contributed by atoms with Gasteiger partial charge in [-0.3, -0.25) is 4.79 Å². The molecule has 0 unspecified atom stereocenters. The van der Waals surface area contributed by atoms with Crippen molar-refractivity contribution in [1.82, 2.24) is 9.88 Å². The van der Waals surface area contributed by atoms with Crippen molar-refractivity contribution in [1.29, 1.82) is 5.26 Å². The van der Waals surface area contributed by atoms with E-state index in [0.717, 1.165) is 48.8 Å². The molecule has 138 valence electrons. The molecule has 3 rings (SSSR count). The van der Waals surface area contributed by atoms with Crippen LogP contribution in [0.5, 0.6) is 0 Å². The summed E-state index contributed by atoms with van der Waals surface area (Å²) in [6.45, 7) is 7.01. The van der Waals surface area contributed by atoms with E-state index in [0.29, 0.717) is 0 Å². The maximum Gasteiger partial charge on any atom is 0.267 e. The molecule has 1 aromatic heterocycles. The van der Waals surface area contributed by atoms with E-state index in [1.807, 2.05) is 61.2 Å². The van der Waals surface area contributed by atoms with Crippen LogP contribution in [0.25, 0.3) is 0 Å². The Morgan fingerprint density at radius 3 is 2.59 bits per heavy atom. The molecule has 2 aromatic rings. The highest BCUT2D eigenvalue weighted by Crippen LogP contribution is 2.17. The number of carbonyl (C=O) groups excluding carboxylic acids is 1. The molecular weight excluding hydrogens is 338 g/mol. The van der Waals surface area contributed by atoms with E-state index < -0.39 is 0 Å². The summed E-state index contributed by atoms with van der Waals surface area (Å²) < 4.78 is 0. The Kier molecular flexibility index (Phi) is 5.72. The Labute approximate surface area is 159 Å². The third-order valence-electron chi connectivity index (χ3n) is 4.59. The highest BCUT2D eigenvalue weighted by Gasteiger charge is 2.18. The maximum absolute atomic E-state index is 12.5. The summed E-state index contributed by atoms with van der Waals surface area (Å²) in [5, 5.41) is 12.3. The number of aromatic nitrogens is 1. The molecule has 1 N–H and O–H groups in total. The molecule has 0 bridgehead atoms. The fourth-order valence-electron chi connectivity index (χ4n) is 3.09. The van der Waals surface area contributed by atoms with Gasteiger partial charge in [0.2, 0.25) is 0 Å². The molecule has 6 nitrogen and oxygen atoms in total. The van der Waals surface area contributed by atoms with Gasteiger partial charge in [-0.1, -0.05) is 23.8 Å². The Hall–Kier alpha value is -3.33. The molecule has 1 aromatic carbocycles. The first-order valence-corrected chi connectivity index (χ1v) is 8.97. The summed E-state index contributed by atoms with van der Waals surface area (Å²) in [5.74, 6) is 0.575. The van der Waals surface area contributed by atoms with Crippen molar-refractivity contribution in [2.45, 2.75) is 13.8 Å². The number of carbonyl (C=O) groups is 1. The minimum atomic E-state index is -0.378. The van der Waals surface area contributed by atoms with Gasteiger partial charge in [0.15, 0.2) is 0 Å². The fourth-order valence-corrected chi connectivity index (χ4v) is 3.09. The zero-order valence-electron chi connectivity index (χ0n) is 15.6. The standard InChI is InChI=1S/C21H23N5O/c1-16-6-7-19(17(2)13-16)24-21(27)18(14-22)15-25-9-11-26(12-10-25)20-5-3-4-8-23-20/h3-8,13,15H,9-12H2,1-2H3,(H,24,27)/b18-15-. The fraction of sp³-hybridized carbons (Fsp3) is 0.286. The number of amides is 1. The molecule has 0 spiro atoms. The normalized spacial score (nSPS) is 14.6. The van der Waals surface area contributed by atoms with Crippen LogP contribution in [0.4, 0.5) is 11.5 Å². The van der Waals surface area contributed by atoms with Crippen molar-refractivity contribution in [3.63, 3.8) is 0 Å². The number of nitrogens with one attached hydrogen (secondary N) is 1. The Bertz CT molecular complexity index is 877. The lowest BCUT2D eigenvalue weighted by Crippen LogP contribution is -2.44. The molecule has 1 fully saturated rings. The van der Waals surface area contributed by atoms with Crippen LogP contribution in [0.3, 0.4) is 0 Å². The topological polar surface area (TPSA) is 72.3 Å². The number of nitrogens with zero attached hydrogens (tertiary/aromatic N) is 4. The van der Waals surface area contributed by atoms with Crippen LogP contribution in [0.15, 0.2) is 54.4 Å². The largest absolute Gasteiger partial charge is 0.373 e. The summed E-state index contributed by atoms with van der Waals surface area (Å²) in [6.07, 6.45) is 3.45. The van der Waals surface area contributed by atoms with Crippen molar-refractivity contribution < 1.29 is 4.79 Å². The van der Waals surface area contributed by atoms with Gasteiger partial charge in [-0.05, 0) is 37.6 Å². The van der Waals surface area contributed by atoms with E-state index in [9.17, 15) is 10.1 Å². The van der Waals surface area contributed by atoms with E-state index in [-0.39, 0.29) is 11.5 Å². The van der Waals surface area contributed by atoms with E-state index in [1.165, 1.54) is 0 Å². The zero-order valence-corrected chi connectivity index (χ0v) is 15.6. The smallest absolute Gasteiger partial charge is 0.267 e. The van der Waals surface area contributed by atoms with Crippen LogP contribution in [0.1, 0.15) is 11.1 Å². The van der Waals surface area contributed by atoms with Crippen LogP contribution in [0, 0.1) is 25.2 Å². The number of pyridine rings is 1. The van der Waals surface area contributed by atoms with Crippen LogP contribution < -0.4 is 10.2 Å². The van der Waals surface area contributed by atoms with Crippen molar-refractivity contribution in [3.8, 4) is 6.07 Å². The maximum atomic E-state index is 12.5. The van der Waals surface area contributed by atoms with Gasteiger partial charge in [0.1, 0.15) is 17.5 Å². The average Bonchev–Trinajstić information content (AvgIpc) is 2.69. The second kappa shape index (κ2) is 8.37. The summed E-state index contributed by atoms with van der Waals surface area (Å²) in [6, 6.07) is 13.7. The van der Waals surface area contributed by atoms with E-state index >= 15 is 0 Å². The lowest BCUT2D eigenvalue weighted by Gasteiger charge is -2.34. The minimum absolute atomic E-state index is 0.112. The number of aryl methyl sites for hydroxylation is 2. The van der Waals surface area contributed by atoms with Gasteiger partial charge < -0.3 is 15.1 Å².